The number of fused-ring (bicyclic) bond motifs is 5. The standard InChI is InChI=1S/C17H12N2O2/c1-21-10-6-7-11-13(8-10)17(19-20)16-12-4-2-3-5-15(12)18-9-14(11)16/h2-9,18H,1H3. The zero-order valence-corrected chi connectivity index (χ0v) is 11.4. The largest absolute Gasteiger partial charge is 0.497 e. The lowest BCUT2D eigenvalue weighted by Gasteiger charge is -2.06. The number of benzene rings is 2. The average Bonchev–Trinajstić information content (AvgIpc) is 2.87. The molecule has 2 aliphatic rings. The van der Waals surface area contributed by atoms with Crippen LogP contribution in [-0.2, 0) is 0 Å². The number of para-hydroxylation sites is 1. The highest BCUT2D eigenvalue weighted by Crippen LogP contribution is 2.48. The van der Waals surface area contributed by atoms with E-state index in [4.69, 9.17) is 4.74 Å². The summed E-state index contributed by atoms with van der Waals surface area (Å²) < 4.78 is 5.25. The Morgan fingerprint density at radius 2 is 1.90 bits per heavy atom. The van der Waals surface area contributed by atoms with Crippen LogP contribution in [-0.4, -0.2) is 12.1 Å². The second kappa shape index (κ2) is 4.31. The molecule has 0 radical (unpaired) electrons. The van der Waals surface area contributed by atoms with Gasteiger partial charge in [0.2, 0.25) is 0 Å². The van der Waals surface area contributed by atoms with Crippen molar-refractivity contribution in [3.63, 3.8) is 0 Å². The van der Waals surface area contributed by atoms with E-state index in [0.29, 0.717) is 5.69 Å². The van der Waals surface area contributed by atoms with Crippen LogP contribution in [0, 0.1) is 4.91 Å². The minimum atomic E-state index is 0.476. The summed E-state index contributed by atoms with van der Waals surface area (Å²) in [7, 11) is 1.61. The van der Waals surface area contributed by atoms with Crippen molar-refractivity contribution >= 4 is 27.4 Å². The van der Waals surface area contributed by atoms with Crippen LogP contribution in [0.4, 0.5) is 5.69 Å². The summed E-state index contributed by atoms with van der Waals surface area (Å²) in [5.41, 5.74) is 3.35. The van der Waals surface area contributed by atoms with Gasteiger partial charge in [0, 0.05) is 33.6 Å². The Kier molecular flexibility index (Phi) is 2.44. The first-order chi connectivity index (χ1) is 10.3. The zero-order valence-electron chi connectivity index (χ0n) is 11.4. The Morgan fingerprint density at radius 3 is 2.71 bits per heavy atom. The van der Waals surface area contributed by atoms with Crippen molar-refractivity contribution in [3.8, 4) is 16.9 Å². The number of pyridine rings is 1. The van der Waals surface area contributed by atoms with Crippen LogP contribution in [0.2, 0.25) is 0 Å². The molecule has 1 heterocycles. The van der Waals surface area contributed by atoms with Crippen LogP contribution in [0.15, 0.2) is 53.8 Å². The van der Waals surface area contributed by atoms with Crippen molar-refractivity contribution in [1.82, 2.24) is 4.98 Å². The van der Waals surface area contributed by atoms with Crippen LogP contribution >= 0.6 is 0 Å². The summed E-state index contributed by atoms with van der Waals surface area (Å²) in [6, 6.07) is 13.6. The molecule has 0 bridgehead atoms. The molecule has 0 spiro atoms. The van der Waals surface area contributed by atoms with Gasteiger partial charge in [0.1, 0.15) is 11.4 Å². The first-order valence-corrected chi connectivity index (χ1v) is 6.66. The Hall–Kier alpha value is -2.88. The quantitative estimate of drug-likeness (QED) is 0.533. The molecule has 1 N–H and O–H groups in total. The monoisotopic (exact) mass is 276 g/mol. The predicted molar refractivity (Wildman–Crippen MR) is 84.4 cm³/mol. The van der Waals surface area contributed by atoms with Crippen molar-refractivity contribution in [3.05, 3.63) is 53.6 Å². The van der Waals surface area contributed by atoms with Gasteiger partial charge >= 0.3 is 0 Å². The van der Waals surface area contributed by atoms with Gasteiger partial charge in [-0.25, -0.2) is 0 Å². The van der Waals surface area contributed by atoms with E-state index in [9.17, 15) is 4.91 Å². The van der Waals surface area contributed by atoms with Gasteiger partial charge in [0.05, 0.1) is 7.11 Å². The Bertz CT molecular complexity index is 956. The Balaban J connectivity index is 2.26. The number of rotatable bonds is 2. The minimum Gasteiger partial charge on any atom is -0.497 e. The number of hydrogen-bond donors (Lipinski definition) is 1. The maximum Gasteiger partial charge on any atom is 0.124 e. The highest BCUT2D eigenvalue weighted by molar-refractivity contribution is 6.19. The van der Waals surface area contributed by atoms with E-state index in [2.05, 4.69) is 10.2 Å². The summed E-state index contributed by atoms with van der Waals surface area (Å²) in [4.78, 5) is 14.7. The number of ether oxygens (including phenoxy) is 1. The number of hydrogen-bond acceptors (Lipinski definition) is 3. The molecule has 0 atom stereocenters. The summed E-state index contributed by atoms with van der Waals surface area (Å²) in [5, 5.41) is 6.12. The van der Waals surface area contributed by atoms with Crippen LogP contribution in [0.5, 0.6) is 5.75 Å². The lowest BCUT2D eigenvalue weighted by Crippen LogP contribution is -1.83. The van der Waals surface area contributed by atoms with E-state index in [-0.39, 0.29) is 0 Å². The molecule has 4 nitrogen and oxygen atoms in total. The van der Waals surface area contributed by atoms with Gasteiger partial charge in [-0.05, 0) is 34.8 Å². The average molecular weight is 276 g/mol. The molecule has 0 saturated heterocycles. The van der Waals surface area contributed by atoms with Crippen molar-refractivity contribution in [2.45, 2.75) is 0 Å². The summed E-state index contributed by atoms with van der Waals surface area (Å²) in [6.07, 6.45) is 1.93. The molecule has 1 aliphatic carbocycles. The number of nitrogens with one attached hydrogen (secondary N) is 1. The molecule has 102 valence electrons. The molecule has 0 fully saturated rings. The van der Waals surface area contributed by atoms with E-state index in [1.54, 1.807) is 7.11 Å². The summed E-state index contributed by atoms with van der Waals surface area (Å²) in [5.74, 6) is 0.719. The Labute approximate surface area is 120 Å². The van der Waals surface area contributed by atoms with Gasteiger partial charge < -0.3 is 9.72 Å². The highest BCUT2D eigenvalue weighted by atomic mass is 16.5. The summed E-state index contributed by atoms with van der Waals surface area (Å²) >= 11 is 0. The van der Waals surface area contributed by atoms with Gasteiger partial charge in [-0.1, -0.05) is 18.2 Å². The first kappa shape index (κ1) is 11.9. The van der Waals surface area contributed by atoms with E-state index in [1.165, 1.54) is 0 Å². The van der Waals surface area contributed by atoms with E-state index in [1.807, 2.05) is 48.7 Å². The van der Waals surface area contributed by atoms with Gasteiger partial charge in [0.25, 0.3) is 0 Å². The van der Waals surface area contributed by atoms with Gasteiger partial charge in [0.15, 0.2) is 0 Å². The normalized spacial score (nSPS) is 11.3. The third-order valence-electron chi connectivity index (χ3n) is 3.94. The van der Waals surface area contributed by atoms with Crippen molar-refractivity contribution < 1.29 is 4.74 Å². The van der Waals surface area contributed by atoms with Crippen LogP contribution < -0.4 is 4.74 Å². The molecular formula is C17H12N2O2. The number of aromatic nitrogens is 1. The maximum absolute atomic E-state index is 11.4. The fourth-order valence-corrected chi connectivity index (χ4v) is 2.97. The zero-order chi connectivity index (χ0) is 14.4. The molecule has 4 heteroatoms. The number of H-pyrrole nitrogens is 1. The highest BCUT2D eigenvalue weighted by Gasteiger charge is 2.21. The lowest BCUT2D eigenvalue weighted by molar-refractivity contribution is 0.415. The molecule has 21 heavy (non-hydrogen) atoms. The number of aromatic amines is 1. The first-order valence-electron chi connectivity index (χ1n) is 6.66. The molecule has 0 aromatic heterocycles. The minimum absolute atomic E-state index is 0.476. The fourth-order valence-electron chi connectivity index (χ4n) is 2.97. The molecule has 1 aliphatic heterocycles. The fraction of sp³-hybridized carbons (Fsp3) is 0.0588. The molecular weight excluding hydrogens is 264 g/mol. The topological polar surface area (TPSA) is 54.4 Å². The third-order valence-corrected chi connectivity index (χ3v) is 3.94. The second-order valence-corrected chi connectivity index (χ2v) is 4.97. The van der Waals surface area contributed by atoms with Gasteiger partial charge in [-0.15, -0.1) is 4.91 Å². The molecule has 2 aromatic rings. The van der Waals surface area contributed by atoms with E-state index in [0.717, 1.165) is 38.6 Å². The summed E-state index contributed by atoms with van der Waals surface area (Å²) in [6.45, 7) is 0. The van der Waals surface area contributed by atoms with E-state index >= 15 is 0 Å². The molecule has 0 amide bonds. The second-order valence-electron chi connectivity index (χ2n) is 4.97. The molecule has 0 unspecified atom stereocenters. The van der Waals surface area contributed by atoms with Crippen LogP contribution in [0.1, 0.15) is 0 Å². The number of nitrogens with zero attached hydrogens (tertiary/aromatic N) is 1. The smallest absolute Gasteiger partial charge is 0.124 e. The van der Waals surface area contributed by atoms with Crippen LogP contribution in [0.25, 0.3) is 32.8 Å². The SMILES string of the molecule is COc1ccc2c3c[nH]c4ccccc4c-3c(N=O)c2c1. The number of methoxy groups -OCH3 is 1. The van der Waals surface area contributed by atoms with Crippen molar-refractivity contribution in [2.24, 2.45) is 5.18 Å². The van der Waals surface area contributed by atoms with Gasteiger partial charge in [-0.3, -0.25) is 0 Å². The number of nitroso groups, excluding NO2 is 1. The van der Waals surface area contributed by atoms with Crippen LogP contribution in [0.3, 0.4) is 0 Å². The molecule has 4 rings (SSSR count). The third kappa shape index (κ3) is 1.56. The lowest BCUT2D eigenvalue weighted by atomic mass is 10.0. The Morgan fingerprint density at radius 1 is 1.05 bits per heavy atom. The predicted octanol–water partition coefficient (Wildman–Crippen LogP) is 4.83. The van der Waals surface area contributed by atoms with Crippen molar-refractivity contribution in [1.29, 1.82) is 0 Å². The van der Waals surface area contributed by atoms with E-state index < -0.39 is 0 Å². The molecule has 0 saturated carbocycles. The maximum atomic E-state index is 11.4. The van der Waals surface area contributed by atoms with Crippen molar-refractivity contribution in [2.75, 3.05) is 7.11 Å². The van der Waals surface area contributed by atoms with Gasteiger partial charge in [-0.2, -0.15) is 0 Å². The molecule has 2 aromatic carbocycles.